The van der Waals surface area contributed by atoms with E-state index in [0.29, 0.717) is 24.5 Å². The first-order valence-corrected chi connectivity index (χ1v) is 8.27. The van der Waals surface area contributed by atoms with Crippen LogP contribution >= 0.6 is 0 Å². The maximum Gasteiger partial charge on any atom is 0.237 e. The van der Waals surface area contributed by atoms with E-state index in [1.165, 1.54) is 25.7 Å². The minimum absolute atomic E-state index is 0.285. The van der Waals surface area contributed by atoms with Gasteiger partial charge in [0.1, 0.15) is 0 Å². The van der Waals surface area contributed by atoms with Crippen LogP contribution in [0.4, 0.5) is 0 Å². The normalized spacial score (nSPS) is 23.1. The Morgan fingerprint density at radius 1 is 1.15 bits per heavy atom. The molecule has 1 saturated carbocycles. The first kappa shape index (κ1) is 15.8. The average molecular weight is 281 g/mol. The van der Waals surface area contributed by atoms with E-state index in [1.54, 1.807) is 0 Å². The summed E-state index contributed by atoms with van der Waals surface area (Å²) in [6, 6.07) is 1.82. The fourth-order valence-corrected chi connectivity index (χ4v) is 3.41. The number of nitrogens with one attached hydrogen (secondary N) is 1. The van der Waals surface area contributed by atoms with Crippen LogP contribution in [0, 0.1) is 0 Å². The predicted molar refractivity (Wildman–Crippen MR) is 82.7 cm³/mol. The monoisotopic (exact) mass is 281 g/mol. The largest absolute Gasteiger partial charge is 0.337 e. The Balaban J connectivity index is 1.91. The highest BCUT2D eigenvalue weighted by Gasteiger charge is 2.34. The van der Waals surface area contributed by atoms with Gasteiger partial charge in [-0.2, -0.15) is 0 Å². The highest BCUT2D eigenvalue weighted by atomic mass is 16.2. The first-order chi connectivity index (χ1) is 9.49. The second kappa shape index (κ2) is 6.90. The molecule has 4 heteroatoms. The van der Waals surface area contributed by atoms with Crippen molar-refractivity contribution in [3.8, 4) is 0 Å². The molecule has 1 N–H and O–H groups in total. The van der Waals surface area contributed by atoms with Crippen molar-refractivity contribution in [3.63, 3.8) is 0 Å². The van der Waals surface area contributed by atoms with Crippen LogP contribution in [0.1, 0.15) is 53.4 Å². The Morgan fingerprint density at radius 3 is 2.25 bits per heavy atom. The summed E-state index contributed by atoms with van der Waals surface area (Å²) in [6.07, 6.45) is 5.07. The molecule has 1 aliphatic carbocycles. The van der Waals surface area contributed by atoms with E-state index in [9.17, 15) is 4.79 Å². The van der Waals surface area contributed by atoms with Gasteiger partial charge in [-0.3, -0.25) is 9.69 Å². The molecule has 0 aromatic rings. The molecule has 0 aromatic heterocycles. The minimum Gasteiger partial charge on any atom is -0.337 e. The van der Waals surface area contributed by atoms with Gasteiger partial charge in [0.05, 0.1) is 6.54 Å². The molecule has 1 heterocycles. The lowest BCUT2D eigenvalue weighted by molar-refractivity contribution is -0.136. The van der Waals surface area contributed by atoms with Crippen molar-refractivity contribution < 1.29 is 4.79 Å². The summed E-state index contributed by atoms with van der Waals surface area (Å²) in [7, 11) is 0. The van der Waals surface area contributed by atoms with Crippen molar-refractivity contribution in [3.05, 3.63) is 0 Å². The molecular weight excluding hydrogens is 250 g/mol. The van der Waals surface area contributed by atoms with Gasteiger partial charge in [0.2, 0.25) is 5.91 Å². The Kier molecular flexibility index (Phi) is 5.44. The number of carbonyl (C=O) groups is 1. The SMILES string of the molecule is CC(C)N(C(=O)CN(CC1CCCN1)C1CC1)C(C)C. The van der Waals surface area contributed by atoms with Crippen LogP contribution in [0.15, 0.2) is 0 Å². The van der Waals surface area contributed by atoms with Crippen LogP contribution in [0.2, 0.25) is 0 Å². The fraction of sp³-hybridized carbons (Fsp3) is 0.938. The minimum atomic E-state index is 0.285. The Labute approximate surface area is 123 Å². The summed E-state index contributed by atoms with van der Waals surface area (Å²) in [5, 5.41) is 3.55. The average Bonchev–Trinajstić information content (AvgIpc) is 3.06. The van der Waals surface area contributed by atoms with Gasteiger partial charge in [0.15, 0.2) is 0 Å². The molecule has 1 amide bonds. The van der Waals surface area contributed by atoms with Crippen molar-refractivity contribution in [1.29, 1.82) is 0 Å². The lowest BCUT2D eigenvalue weighted by Gasteiger charge is -2.34. The fourth-order valence-electron chi connectivity index (χ4n) is 3.41. The van der Waals surface area contributed by atoms with Gasteiger partial charge in [-0.15, -0.1) is 0 Å². The van der Waals surface area contributed by atoms with Crippen molar-refractivity contribution in [2.45, 2.75) is 77.5 Å². The summed E-state index contributed by atoms with van der Waals surface area (Å²) < 4.78 is 0. The third kappa shape index (κ3) is 4.19. The third-order valence-electron chi connectivity index (χ3n) is 4.42. The quantitative estimate of drug-likeness (QED) is 0.773. The van der Waals surface area contributed by atoms with Crippen LogP contribution < -0.4 is 5.32 Å². The van der Waals surface area contributed by atoms with Gasteiger partial charge in [-0.05, 0) is 59.9 Å². The Morgan fingerprint density at radius 2 is 1.80 bits per heavy atom. The lowest BCUT2D eigenvalue weighted by atomic mass is 10.2. The molecular formula is C16H31N3O. The second-order valence-corrected chi connectivity index (χ2v) is 6.94. The summed E-state index contributed by atoms with van der Waals surface area (Å²) in [4.78, 5) is 17.1. The van der Waals surface area contributed by atoms with E-state index in [2.05, 4.69) is 37.9 Å². The second-order valence-electron chi connectivity index (χ2n) is 6.94. The van der Waals surface area contributed by atoms with E-state index in [0.717, 1.165) is 13.1 Å². The predicted octanol–water partition coefficient (Wildman–Crippen LogP) is 1.85. The van der Waals surface area contributed by atoms with Gasteiger partial charge in [-0.25, -0.2) is 0 Å². The van der Waals surface area contributed by atoms with E-state index >= 15 is 0 Å². The molecule has 116 valence electrons. The van der Waals surface area contributed by atoms with Crippen molar-refractivity contribution in [2.24, 2.45) is 0 Å². The van der Waals surface area contributed by atoms with Gasteiger partial charge in [0, 0.05) is 30.7 Å². The summed E-state index contributed by atoms with van der Waals surface area (Å²) in [5.41, 5.74) is 0. The molecule has 20 heavy (non-hydrogen) atoms. The molecule has 1 atom stereocenters. The summed E-state index contributed by atoms with van der Waals surface area (Å²) >= 11 is 0. The lowest BCUT2D eigenvalue weighted by Crippen LogP contribution is -2.49. The third-order valence-corrected chi connectivity index (χ3v) is 4.42. The molecule has 2 fully saturated rings. The highest BCUT2D eigenvalue weighted by molar-refractivity contribution is 5.79. The summed E-state index contributed by atoms with van der Waals surface area (Å²) in [5.74, 6) is 0.292. The smallest absolute Gasteiger partial charge is 0.237 e. The molecule has 0 spiro atoms. The zero-order valence-corrected chi connectivity index (χ0v) is 13.6. The number of hydrogen-bond donors (Lipinski definition) is 1. The van der Waals surface area contributed by atoms with Crippen LogP contribution in [-0.2, 0) is 4.79 Å². The maximum absolute atomic E-state index is 12.6. The van der Waals surface area contributed by atoms with Crippen LogP contribution in [0.5, 0.6) is 0 Å². The molecule has 4 nitrogen and oxygen atoms in total. The Bertz CT molecular complexity index is 312. The molecule has 0 bridgehead atoms. The van der Waals surface area contributed by atoms with E-state index in [4.69, 9.17) is 0 Å². The van der Waals surface area contributed by atoms with Crippen molar-refractivity contribution >= 4 is 5.91 Å². The van der Waals surface area contributed by atoms with Gasteiger partial charge < -0.3 is 10.2 Å². The van der Waals surface area contributed by atoms with Crippen molar-refractivity contribution in [2.75, 3.05) is 19.6 Å². The number of hydrogen-bond acceptors (Lipinski definition) is 3. The van der Waals surface area contributed by atoms with Crippen LogP contribution in [0.3, 0.4) is 0 Å². The molecule has 1 saturated heterocycles. The Hall–Kier alpha value is -0.610. The van der Waals surface area contributed by atoms with Crippen LogP contribution in [0.25, 0.3) is 0 Å². The standard InChI is InChI=1S/C16H31N3O/c1-12(2)19(13(3)4)16(20)11-18(15-7-8-15)10-14-6-5-9-17-14/h12-15,17H,5-11H2,1-4H3. The summed E-state index contributed by atoms with van der Waals surface area (Å²) in [6.45, 7) is 11.2. The first-order valence-electron chi connectivity index (χ1n) is 8.27. The molecule has 1 aliphatic heterocycles. The number of nitrogens with zero attached hydrogens (tertiary/aromatic N) is 2. The van der Waals surface area contributed by atoms with Gasteiger partial charge >= 0.3 is 0 Å². The van der Waals surface area contributed by atoms with E-state index in [-0.39, 0.29) is 12.1 Å². The number of rotatable bonds is 7. The zero-order chi connectivity index (χ0) is 14.7. The van der Waals surface area contributed by atoms with Crippen molar-refractivity contribution in [1.82, 2.24) is 15.1 Å². The van der Waals surface area contributed by atoms with Gasteiger partial charge in [0.25, 0.3) is 0 Å². The molecule has 0 radical (unpaired) electrons. The molecule has 0 aromatic carbocycles. The molecule has 1 unspecified atom stereocenters. The maximum atomic E-state index is 12.6. The number of amides is 1. The van der Waals surface area contributed by atoms with E-state index in [1.807, 2.05) is 4.90 Å². The number of carbonyl (C=O) groups excluding carboxylic acids is 1. The van der Waals surface area contributed by atoms with Crippen LogP contribution in [-0.4, -0.2) is 59.5 Å². The molecule has 2 rings (SSSR count). The zero-order valence-electron chi connectivity index (χ0n) is 13.6. The van der Waals surface area contributed by atoms with Gasteiger partial charge in [-0.1, -0.05) is 0 Å². The highest BCUT2D eigenvalue weighted by Crippen LogP contribution is 2.27. The molecule has 2 aliphatic rings. The topological polar surface area (TPSA) is 35.6 Å². The van der Waals surface area contributed by atoms with E-state index < -0.39 is 0 Å².